The SMILES string of the molecule is COCCOCCOc1ccc(CCl)nc1. The number of ether oxygens (including phenoxy) is 3. The van der Waals surface area contributed by atoms with E-state index in [1.165, 1.54) is 0 Å². The van der Waals surface area contributed by atoms with Crippen molar-refractivity contribution in [1.82, 2.24) is 4.98 Å². The van der Waals surface area contributed by atoms with Crippen LogP contribution in [0, 0.1) is 0 Å². The molecule has 0 spiro atoms. The third kappa shape index (κ3) is 5.30. The molecule has 0 N–H and O–H groups in total. The highest BCUT2D eigenvalue weighted by Crippen LogP contribution is 2.09. The molecule has 0 unspecified atom stereocenters. The molecule has 1 rings (SSSR count). The van der Waals surface area contributed by atoms with Gasteiger partial charge in [-0.25, -0.2) is 0 Å². The molecular formula is C11H16ClNO3. The van der Waals surface area contributed by atoms with Crippen LogP contribution in [0.4, 0.5) is 0 Å². The van der Waals surface area contributed by atoms with Gasteiger partial charge < -0.3 is 14.2 Å². The molecular weight excluding hydrogens is 230 g/mol. The van der Waals surface area contributed by atoms with Gasteiger partial charge in [0.1, 0.15) is 12.4 Å². The largest absolute Gasteiger partial charge is 0.490 e. The van der Waals surface area contributed by atoms with E-state index in [4.69, 9.17) is 25.8 Å². The minimum atomic E-state index is 0.417. The van der Waals surface area contributed by atoms with Crippen molar-refractivity contribution in [2.75, 3.05) is 33.5 Å². The van der Waals surface area contributed by atoms with Gasteiger partial charge in [-0.3, -0.25) is 4.98 Å². The fraction of sp³-hybridized carbons (Fsp3) is 0.545. The third-order valence-electron chi connectivity index (χ3n) is 1.86. The summed E-state index contributed by atoms with van der Waals surface area (Å²) in [5, 5.41) is 0. The highest BCUT2D eigenvalue weighted by atomic mass is 35.5. The van der Waals surface area contributed by atoms with Gasteiger partial charge in [0.2, 0.25) is 0 Å². The summed E-state index contributed by atoms with van der Waals surface area (Å²) in [6.45, 7) is 2.24. The Balaban J connectivity index is 2.12. The van der Waals surface area contributed by atoms with Crippen LogP contribution in [0.15, 0.2) is 18.3 Å². The molecule has 0 atom stereocenters. The molecule has 0 aromatic carbocycles. The highest BCUT2D eigenvalue weighted by Gasteiger charge is 1.96. The fourth-order valence-electron chi connectivity index (χ4n) is 1.04. The summed E-state index contributed by atoms with van der Waals surface area (Å²) in [4.78, 5) is 4.11. The first-order valence-corrected chi connectivity index (χ1v) is 5.60. The Morgan fingerprint density at radius 1 is 1.19 bits per heavy atom. The van der Waals surface area contributed by atoms with Crippen molar-refractivity contribution < 1.29 is 14.2 Å². The molecule has 16 heavy (non-hydrogen) atoms. The Kier molecular flexibility index (Phi) is 6.88. The van der Waals surface area contributed by atoms with Crippen LogP contribution in [0.25, 0.3) is 0 Å². The summed E-state index contributed by atoms with van der Waals surface area (Å²) in [7, 11) is 1.64. The van der Waals surface area contributed by atoms with Crippen molar-refractivity contribution >= 4 is 11.6 Å². The number of nitrogens with zero attached hydrogens (tertiary/aromatic N) is 1. The first-order chi connectivity index (χ1) is 7.86. The number of pyridine rings is 1. The van der Waals surface area contributed by atoms with E-state index in [-0.39, 0.29) is 0 Å². The Labute approximate surface area is 100 Å². The first kappa shape index (κ1) is 13.2. The highest BCUT2D eigenvalue weighted by molar-refractivity contribution is 6.16. The van der Waals surface area contributed by atoms with Gasteiger partial charge in [-0.2, -0.15) is 0 Å². The minimum Gasteiger partial charge on any atom is -0.490 e. The van der Waals surface area contributed by atoms with Gasteiger partial charge in [0.15, 0.2) is 0 Å². The van der Waals surface area contributed by atoms with Gasteiger partial charge in [0.05, 0.1) is 37.6 Å². The van der Waals surface area contributed by atoms with E-state index in [2.05, 4.69) is 4.98 Å². The Bertz CT molecular complexity index is 279. The normalized spacial score (nSPS) is 10.4. The van der Waals surface area contributed by atoms with Crippen LogP contribution in [0.3, 0.4) is 0 Å². The second kappa shape index (κ2) is 8.33. The van der Waals surface area contributed by atoms with E-state index in [0.717, 1.165) is 11.4 Å². The maximum absolute atomic E-state index is 5.62. The van der Waals surface area contributed by atoms with Gasteiger partial charge in [0.25, 0.3) is 0 Å². The van der Waals surface area contributed by atoms with Crippen molar-refractivity contribution in [3.8, 4) is 5.75 Å². The average molecular weight is 246 g/mol. The minimum absolute atomic E-state index is 0.417. The van der Waals surface area contributed by atoms with Crippen molar-refractivity contribution in [2.45, 2.75) is 5.88 Å². The molecule has 0 aliphatic rings. The van der Waals surface area contributed by atoms with Crippen molar-refractivity contribution in [1.29, 1.82) is 0 Å². The molecule has 4 nitrogen and oxygen atoms in total. The Morgan fingerprint density at radius 3 is 2.62 bits per heavy atom. The molecule has 1 aromatic rings. The van der Waals surface area contributed by atoms with Gasteiger partial charge >= 0.3 is 0 Å². The maximum Gasteiger partial charge on any atom is 0.137 e. The van der Waals surface area contributed by atoms with Gasteiger partial charge in [-0.05, 0) is 12.1 Å². The predicted molar refractivity (Wildman–Crippen MR) is 62.0 cm³/mol. The summed E-state index contributed by atoms with van der Waals surface area (Å²) >= 11 is 5.62. The second-order valence-corrected chi connectivity index (χ2v) is 3.34. The van der Waals surface area contributed by atoms with Crippen LogP contribution in [-0.4, -0.2) is 38.5 Å². The zero-order chi connectivity index (χ0) is 11.6. The van der Waals surface area contributed by atoms with E-state index in [1.807, 2.05) is 12.1 Å². The molecule has 0 amide bonds. The van der Waals surface area contributed by atoms with Crippen LogP contribution in [0.1, 0.15) is 5.69 Å². The van der Waals surface area contributed by atoms with Crippen LogP contribution in [-0.2, 0) is 15.4 Å². The smallest absolute Gasteiger partial charge is 0.137 e. The number of aromatic nitrogens is 1. The molecule has 5 heteroatoms. The molecule has 0 fully saturated rings. The Hall–Kier alpha value is -0.840. The van der Waals surface area contributed by atoms with E-state index in [1.54, 1.807) is 13.3 Å². The molecule has 1 aromatic heterocycles. The second-order valence-electron chi connectivity index (χ2n) is 3.07. The van der Waals surface area contributed by atoms with E-state index < -0.39 is 0 Å². The number of hydrogen-bond donors (Lipinski definition) is 0. The van der Waals surface area contributed by atoms with Crippen LogP contribution in [0.2, 0.25) is 0 Å². The standard InChI is InChI=1S/C11H16ClNO3/c1-14-4-5-15-6-7-16-11-3-2-10(8-12)13-9-11/h2-3,9H,4-8H2,1H3. The molecule has 0 radical (unpaired) electrons. The lowest BCUT2D eigenvalue weighted by Crippen LogP contribution is -2.10. The molecule has 90 valence electrons. The molecule has 0 aliphatic carbocycles. The zero-order valence-corrected chi connectivity index (χ0v) is 10.1. The zero-order valence-electron chi connectivity index (χ0n) is 9.32. The van der Waals surface area contributed by atoms with Crippen LogP contribution >= 0.6 is 11.6 Å². The van der Waals surface area contributed by atoms with E-state index in [0.29, 0.717) is 32.3 Å². The van der Waals surface area contributed by atoms with E-state index >= 15 is 0 Å². The number of rotatable bonds is 8. The summed E-state index contributed by atoms with van der Waals surface area (Å²) in [5.41, 5.74) is 0.838. The van der Waals surface area contributed by atoms with Gasteiger partial charge in [-0.15, -0.1) is 11.6 Å². The Morgan fingerprint density at radius 2 is 2.00 bits per heavy atom. The van der Waals surface area contributed by atoms with Crippen molar-refractivity contribution in [2.24, 2.45) is 0 Å². The molecule has 0 saturated carbocycles. The first-order valence-electron chi connectivity index (χ1n) is 5.07. The maximum atomic E-state index is 5.62. The lowest BCUT2D eigenvalue weighted by molar-refractivity contribution is 0.0543. The average Bonchev–Trinajstić information content (AvgIpc) is 2.34. The van der Waals surface area contributed by atoms with Crippen molar-refractivity contribution in [3.63, 3.8) is 0 Å². The molecule has 0 bridgehead atoms. The number of hydrogen-bond acceptors (Lipinski definition) is 4. The monoisotopic (exact) mass is 245 g/mol. The van der Waals surface area contributed by atoms with Crippen LogP contribution in [0.5, 0.6) is 5.75 Å². The summed E-state index contributed by atoms with van der Waals surface area (Å²) in [6, 6.07) is 3.69. The lowest BCUT2D eigenvalue weighted by Gasteiger charge is -2.06. The molecule has 0 saturated heterocycles. The number of alkyl halides is 1. The lowest BCUT2D eigenvalue weighted by atomic mass is 10.4. The summed E-state index contributed by atoms with van der Waals surface area (Å²) < 4.78 is 15.5. The number of methoxy groups -OCH3 is 1. The van der Waals surface area contributed by atoms with Crippen molar-refractivity contribution in [3.05, 3.63) is 24.0 Å². The summed E-state index contributed by atoms with van der Waals surface area (Å²) in [6.07, 6.45) is 1.66. The number of halogens is 1. The molecule has 1 heterocycles. The fourth-order valence-corrected chi connectivity index (χ4v) is 1.20. The third-order valence-corrected chi connectivity index (χ3v) is 2.14. The summed E-state index contributed by atoms with van der Waals surface area (Å²) in [5.74, 6) is 1.14. The van der Waals surface area contributed by atoms with Crippen LogP contribution < -0.4 is 4.74 Å². The van der Waals surface area contributed by atoms with Gasteiger partial charge in [0, 0.05) is 7.11 Å². The van der Waals surface area contributed by atoms with E-state index in [9.17, 15) is 0 Å². The predicted octanol–water partition coefficient (Wildman–Crippen LogP) is 1.86. The quantitative estimate of drug-likeness (QED) is 0.518. The van der Waals surface area contributed by atoms with Gasteiger partial charge in [-0.1, -0.05) is 0 Å². The molecule has 0 aliphatic heterocycles. The topological polar surface area (TPSA) is 40.6 Å².